The minimum absolute atomic E-state index is 0.0680. The molecule has 1 aromatic rings. The molecule has 0 spiro atoms. The first-order valence-electron chi connectivity index (χ1n) is 6.24. The molecule has 0 aromatic heterocycles. The van der Waals surface area contributed by atoms with E-state index in [1.807, 2.05) is 0 Å². The molecule has 0 saturated carbocycles. The maximum atomic E-state index is 12.0. The van der Waals surface area contributed by atoms with Crippen LogP contribution in [0, 0.1) is 23.0 Å². The predicted octanol–water partition coefficient (Wildman–Crippen LogP) is 0.545. The molecule has 2 rings (SSSR count). The van der Waals surface area contributed by atoms with Gasteiger partial charge >= 0.3 is 0 Å². The van der Waals surface area contributed by atoms with Crippen LogP contribution in [0.25, 0.3) is 0 Å². The van der Waals surface area contributed by atoms with Crippen LogP contribution >= 0.6 is 0 Å². The standard InChI is InChI=1S/C12H15N3O5S/c1-8-10(3-2-4-11(8)15(17)18)14-6-9(5-12(14)16)7-21(13,19)20/h2-4,9H,5-7H2,1H3,(H2,13,19,20). The van der Waals surface area contributed by atoms with Crippen molar-refractivity contribution in [2.45, 2.75) is 13.3 Å². The molecule has 1 fully saturated rings. The average Bonchev–Trinajstić information content (AvgIpc) is 2.67. The van der Waals surface area contributed by atoms with Crippen LogP contribution in [0.4, 0.5) is 11.4 Å². The largest absolute Gasteiger partial charge is 0.312 e. The summed E-state index contributed by atoms with van der Waals surface area (Å²) < 4.78 is 22.2. The lowest BCUT2D eigenvalue weighted by atomic mass is 10.1. The molecule has 21 heavy (non-hydrogen) atoms. The average molecular weight is 313 g/mol. The Morgan fingerprint density at radius 2 is 2.14 bits per heavy atom. The first-order chi connectivity index (χ1) is 9.69. The van der Waals surface area contributed by atoms with Crippen LogP contribution in [0.2, 0.25) is 0 Å². The number of benzene rings is 1. The summed E-state index contributed by atoms with van der Waals surface area (Å²) in [5.41, 5.74) is 0.744. The Hall–Kier alpha value is -2.00. The van der Waals surface area contributed by atoms with Crippen molar-refractivity contribution in [3.05, 3.63) is 33.9 Å². The normalized spacial score (nSPS) is 19.0. The van der Waals surface area contributed by atoms with Crippen molar-refractivity contribution in [2.24, 2.45) is 11.1 Å². The smallest absolute Gasteiger partial charge is 0.274 e. The van der Waals surface area contributed by atoms with Crippen molar-refractivity contribution in [2.75, 3.05) is 17.2 Å². The van der Waals surface area contributed by atoms with E-state index in [-0.39, 0.29) is 30.3 Å². The van der Waals surface area contributed by atoms with Crippen molar-refractivity contribution in [3.63, 3.8) is 0 Å². The van der Waals surface area contributed by atoms with Crippen molar-refractivity contribution < 1.29 is 18.1 Å². The van der Waals surface area contributed by atoms with Crippen molar-refractivity contribution in [1.29, 1.82) is 0 Å². The summed E-state index contributed by atoms with van der Waals surface area (Å²) in [7, 11) is -3.66. The summed E-state index contributed by atoms with van der Waals surface area (Å²) in [4.78, 5) is 23.8. The van der Waals surface area contributed by atoms with Crippen molar-refractivity contribution in [1.82, 2.24) is 0 Å². The number of sulfonamides is 1. The van der Waals surface area contributed by atoms with E-state index in [4.69, 9.17) is 5.14 Å². The van der Waals surface area contributed by atoms with Crippen LogP contribution < -0.4 is 10.0 Å². The molecule has 1 aliphatic rings. The van der Waals surface area contributed by atoms with Gasteiger partial charge in [-0.25, -0.2) is 13.6 Å². The molecule has 0 radical (unpaired) electrons. The van der Waals surface area contributed by atoms with E-state index in [9.17, 15) is 23.3 Å². The number of nitro groups is 1. The van der Waals surface area contributed by atoms with Gasteiger partial charge in [0.1, 0.15) is 0 Å². The van der Waals surface area contributed by atoms with Crippen LogP contribution in [0.3, 0.4) is 0 Å². The SMILES string of the molecule is Cc1c(N2CC(CS(N)(=O)=O)CC2=O)cccc1[N+](=O)[O-]. The minimum atomic E-state index is -3.66. The Kier molecular flexibility index (Phi) is 3.97. The van der Waals surface area contributed by atoms with Gasteiger partial charge in [-0.1, -0.05) is 6.07 Å². The molecule has 114 valence electrons. The van der Waals surface area contributed by atoms with E-state index in [1.54, 1.807) is 13.0 Å². The number of primary sulfonamides is 1. The summed E-state index contributed by atoms with van der Waals surface area (Å²) in [6.07, 6.45) is 0.0680. The number of nitro benzene ring substituents is 1. The van der Waals surface area contributed by atoms with E-state index < -0.39 is 20.9 Å². The Bertz CT molecular complexity index is 701. The molecule has 8 nitrogen and oxygen atoms in total. The van der Waals surface area contributed by atoms with E-state index in [2.05, 4.69) is 0 Å². The molecule has 1 amide bonds. The zero-order valence-electron chi connectivity index (χ0n) is 11.4. The van der Waals surface area contributed by atoms with Gasteiger partial charge in [-0.15, -0.1) is 0 Å². The first-order valence-corrected chi connectivity index (χ1v) is 7.95. The third kappa shape index (κ3) is 3.37. The molecule has 1 aliphatic heterocycles. The predicted molar refractivity (Wildman–Crippen MR) is 76.3 cm³/mol. The van der Waals surface area contributed by atoms with E-state index in [0.29, 0.717) is 11.3 Å². The quantitative estimate of drug-likeness (QED) is 0.642. The Balaban J connectivity index is 2.29. The van der Waals surface area contributed by atoms with Gasteiger partial charge in [0.15, 0.2) is 0 Å². The second-order valence-electron chi connectivity index (χ2n) is 5.08. The molecule has 0 aliphatic carbocycles. The summed E-state index contributed by atoms with van der Waals surface area (Å²) in [5.74, 6) is -0.929. The van der Waals surface area contributed by atoms with Crippen molar-refractivity contribution in [3.8, 4) is 0 Å². The van der Waals surface area contributed by atoms with Crippen molar-refractivity contribution >= 4 is 27.3 Å². The minimum Gasteiger partial charge on any atom is -0.312 e. The molecule has 1 heterocycles. The molecule has 2 N–H and O–H groups in total. The van der Waals surface area contributed by atoms with Gasteiger partial charge in [0.05, 0.1) is 21.9 Å². The third-order valence-corrected chi connectivity index (χ3v) is 4.37. The lowest BCUT2D eigenvalue weighted by Gasteiger charge is -2.18. The molecule has 1 aromatic carbocycles. The number of nitrogens with zero attached hydrogens (tertiary/aromatic N) is 2. The van der Waals surface area contributed by atoms with Crippen LogP contribution in [0.5, 0.6) is 0 Å². The van der Waals surface area contributed by atoms with Gasteiger partial charge in [0.25, 0.3) is 5.69 Å². The molecule has 9 heteroatoms. The fourth-order valence-electron chi connectivity index (χ4n) is 2.56. The number of hydrogen-bond donors (Lipinski definition) is 1. The highest BCUT2D eigenvalue weighted by molar-refractivity contribution is 7.89. The highest BCUT2D eigenvalue weighted by Gasteiger charge is 2.34. The number of amides is 1. The Morgan fingerprint density at radius 3 is 2.71 bits per heavy atom. The number of carbonyl (C=O) groups excluding carboxylic acids is 1. The first kappa shape index (κ1) is 15.4. The van der Waals surface area contributed by atoms with Crippen LogP contribution in [0.1, 0.15) is 12.0 Å². The lowest BCUT2D eigenvalue weighted by Crippen LogP contribution is -2.28. The second-order valence-corrected chi connectivity index (χ2v) is 6.74. The van der Waals surface area contributed by atoms with Gasteiger partial charge < -0.3 is 4.90 Å². The molecule has 0 bridgehead atoms. The monoisotopic (exact) mass is 313 g/mol. The topological polar surface area (TPSA) is 124 Å². The number of anilines is 1. The Morgan fingerprint density at radius 1 is 1.48 bits per heavy atom. The Labute approximate surface area is 121 Å². The number of hydrogen-bond acceptors (Lipinski definition) is 5. The molecular formula is C12H15N3O5S. The summed E-state index contributed by atoms with van der Waals surface area (Å²) in [6, 6.07) is 4.47. The molecule has 1 unspecified atom stereocenters. The summed E-state index contributed by atoms with van der Waals surface area (Å²) in [6.45, 7) is 1.75. The third-order valence-electron chi connectivity index (χ3n) is 3.44. The number of nitrogens with two attached hydrogens (primary N) is 1. The lowest BCUT2D eigenvalue weighted by molar-refractivity contribution is -0.385. The highest BCUT2D eigenvalue weighted by atomic mass is 32.2. The fraction of sp³-hybridized carbons (Fsp3) is 0.417. The van der Waals surface area contributed by atoms with E-state index in [1.165, 1.54) is 17.0 Å². The summed E-state index contributed by atoms with van der Waals surface area (Å²) >= 11 is 0. The van der Waals surface area contributed by atoms with Crippen LogP contribution in [-0.2, 0) is 14.8 Å². The maximum Gasteiger partial charge on any atom is 0.274 e. The highest BCUT2D eigenvalue weighted by Crippen LogP contribution is 2.32. The molecular weight excluding hydrogens is 298 g/mol. The number of rotatable bonds is 4. The van der Waals surface area contributed by atoms with Gasteiger partial charge in [-0.3, -0.25) is 14.9 Å². The van der Waals surface area contributed by atoms with Crippen LogP contribution in [0.15, 0.2) is 18.2 Å². The fourth-order valence-corrected chi connectivity index (χ4v) is 3.44. The molecule has 1 atom stereocenters. The van der Waals surface area contributed by atoms with Gasteiger partial charge in [0, 0.05) is 24.9 Å². The van der Waals surface area contributed by atoms with E-state index in [0.717, 1.165) is 0 Å². The molecule has 1 saturated heterocycles. The summed E-state index contributed by atoms with van der Waals surface area (Å²) in [5, 5.41) is 15.9. The zero-order chi connectivity index (χ0) is 15.8. The van der Waals surface area contributed by atoms with Gasteiger partial charge in [0.2, 0.25) is 15.9 Å². The van der Waals surface area contributed by atoms with Gasteiger partial charge in [-0.05, 0) is 13.0 Å². The zero-order valence-corrected chi connectivity index (χ0v) is 12.2. The van der Waals surface area contributed by atoms with Gasteiger partial charge in [-0.2, -0.15) is 0 Å². The second kappa shape index (κ2) is 5.41. The van der Waals surface area contributed by atoms with E-state index >= 15 is 0 Å². The number of carbonyl (C=O) groups is 1. The maximum absolute atomic E-state index is 12.0. The van der Waals surface area contributed by atoms with Crippen LogP contribution in [-0.4, -0.2) is 31.5 Å².